The molecule has 0 spiro atoms. The van der Waals surface area contributed by atoms with Gasteiger partial charge in [0.2, 0.25) is 0 Å². The normalized spacial score (nSPS) is 10.4. The molecule has 0 bridgehead atoms. The number of amides is 1. The summed E-state index contributed by atoms with van der Waals surface area (Å²) >= 11 is 5.73. The van der Waals surface area contributed by atoms with Crippen LogP contribution in [-0.4, -0.2) is 30.6 Å². The number of nitrogens with zero attached hydrogens (tertiary/aromatic N) is 5. The molecule has 0 atom stereocenters. The van der Waals surface area contributed by atoms with E-state index in [0.29, 0.717) is 5.82 Å². The first-order valence-corrected chi connectivity index (χ1v) is 7.00. The van der Waals surface area contributed by atoms with Gasteiger partial charge >= 0.3 is 0 Å². The van der Waals surface area contributed by atoms with Crippen molar-refractivity contribution in [2.24, 2.45) is 0 Å². The molecule has 0 radical (unpaired) electrons. The highest BCUT2D eigenvalue weighted by molar-refractivity contribution is 6.32. The van der Waals surface area contributed by atoms with Crippen LogP contribution < -0.4 is 5.32 Å². The Labute approximate surface area is 140 Å². The molecule has 2 aromatic heterocycles. The lowest BCUT2D eigenvalue weighted by Gasteiger charge is -2.05. The summed E-state index contributed by atoms with van der Waals surface area (Å²) in [5.41, 5.74) is 0.00376. The molecular formula is C14H9ClN6O3. The first-order valence-electron chi connectivity index (χ1n) is 6.62. The topological polar surface area (TPSA) is 116 Å². The molecule has 0 aliphatic carbocycles. The number of carbonyl (C=O) groups excluding carboxylic acids is 1. The fourth-order valence-corrected chi connectivity index (χ4v) is 2.09. The van der Waals surface area contributed by atoms with Crippen LogP contribution in [0, 0.1) is 10.1 Å². The Morgan fingerprint density at radius 1 is 1.25 bits per heavy atom. The molecule has 3 aromatic rings. The minimum absolute atomic E-state index is 0.0116. The third-order valence-corrected chi connectivity index (χ3v) is 3.37. The molecule has 0 aliphatic heterocycles. The lowest BCUT2D eigenvalue weighted by atomic mass is 10.2. The van der Waals surface area contributed by atoms with Crippen LogP contribution in [-0.2, 0) is 0 Å². The summed E-state index contributed by atoms with van der Waals surface area (Å²) in [6, 6.07) is 7.06. The number of aromatic nitrogens is 4. The largest absolute Gasteiger partial charge is 0.320 e. The van der Waals surface area contributed by atoms with Gasteiger partial charge in [0.05, 0.1) is 4.92 Å². The van der Waals surface area contributed by atoms with Crippen LogP contribution in [0.4, 0.5) is 11.4 Å². The van der Waals surface area contributed by atoms with Gasteiger partial charge in [0, 0.05) is 24.1 Å². The SMILES string of the molecule is O=C(Nc1ccc(Cl)c([N+](=O)[O-])c1)c1ccc(-n2ccnc2)nn1. The number of anilines is 1. The van der Waals surface area contributed by atoms with E-state index in [0.717, 1.165) is 0 Å². The van der Waals surface area contributed by atoms with Crippen molar-refractivity contribution in [2.75, 3.05) is 5.32 Å². The summed E-state index contributed by atoms with van der Waals surface area (Å²) in [5, 5.41) is 21.1. The molecule has 1 N–H and O–H groups in total. The summed E-state index contributed by atoms with van der Waals surface area (Å²) in [5.74, 6) is -0.0394. The van der Waals surface area contributed by atoms with Gasteiger partial charge in [-0.25, -0.2) is 4.98 Å². The fraction of sp³-hybridized carbons (Fsp3) is 0. The Balaban J connectivity index is 1.78. The third kappa shape index (κ3) is 3.20. The number of imidazole rings is 1. The average molecular weight is 345 g/mol. The van der Waals surface area contributed by atoms with E-state index in [1.807, 2.05) is 0 Å². The predicted octanol–water partition coefficient (Wildman–Crippen LogP) is 2.48. The van der Waals surface area contributed by atoms with Gasteiger partial charge in [0.25, 0.3) is 11.6 Å². The number of benzene rings is 1. The number of nitrogens with one attached hydrogen (secondary N) is 1. The monoisotopic (exact) mass is 344 g/mol. The lowest BCUT2D eigenvalue weighted by molar-refractivity contribution is -0.384. The zero-order valence-electron chi connectivity index (χ0n) is 12.0. The van der Waals surface area contributed by atoms with Crippen molar-refractivity contribution in [1.29, 1.82) is 0 Å². The van der Waals surface area contributed by atoms with Gasteiger partial charge in [-0.1, -0.05) is 11.6 Å². The summed E-state index contributed by atoms with van der Waals surface area (Å²) in [6.45, 7) is 0. The van der Waals surface area contributed by atoms with Crippen LogP contribution in [0.2, 0.25) is 5.02 Å². The van der Waals surface area contributed by atoms with Crippen LogP contribution in [0.15, 0.2) is 49.1 Å². The van der Waals surface area contributed by atoms with E-state index in [9.17, 15) is 14.9 Å². The van der Waals surface area contributed by atoms with E-state index >= 15 is 0 Å². The molecule has 3 rings (SSSR count). The molecule has 9 nitrogen and oxygen atoms in total. The molecular weight excluding hydrogens is 336 g/mol. The van der Waals surface area contributed by atoms with Gasteiger partial charge in [-0.3, -0.25) is 19.5 Å². The second-order valence-electron chi connectivity index (χ2n) is 4.62. The zero-order valence-corrected chi connectivity index (χ0v) is 12.7. The summed E-state index contributed by atoms with van der Waals surface area (Å²) < 4.78 is 1.64. The summed E-state index contributed by atoms with van der Waals surface area (Å²) in [4.78, 5) is 26.3. The summed E-state index contributed by atoms with van der Waals surface area (Å²) in [7, 11) is 0. The maximum absolute atomic E-state index is 12.1. The zero-order chi connectivity index (χ0) is 17.1. The Morgan fingerprint density at radius 3 is 2.71 bits per heavy atom. The highest BCUT2D eigenvalue weighted by Gasteiger charge is 2.15. The third-order valence-electron chi connectivity index (χ3n) is 3.05. The Morgan fingerprint density at radius 2 is 2.08 bits per heavy atom. The molecule has 0 fully saturated rings. The summed E-state index contributed by atoms with van der Waals surface area (Å²) in [6.07, 6.45) is 4.84. The molecule has 0 aliphatic rings. The van der Waals surface area contributed by atoms with Crippen LogP contribution in [0.1, 0.15) is 10.5 Å². The Kier molecular flexibility index (Phi) is 4.17. The Bertz CT molecular complexity index is 895. The molecule has 0 saturated carbocycles. The van der Waals surface area contributed by atoms with Crippen molar-refractivity contribution in [3.8, 4) is 5.82 Å². The number of nitro groups is 1. The average Bonchev–Trinajstić information content (AvgIpc) is 3.11. The van der Waals surface area contributed by atoms with Gasteiger partial charge in [-0.2, -0.15) is 0 Å². The first kappa shape index (κ1) is 15.6. The van der Waals surface area contributed by atoms with Crippen molar-refractivity contribution in [3.63, 3.8) is 0 Å². The predicted molar refractivity (Wildman–Crippen MR) is 85.2 cm³/mol. The second-order valence-corrected chi connectivity index (χ2v) is 5.03. The number of rotatable bonds is 4. The Hall–Kier alpha value is -3.33. The molecule has 120 valence electrons. The second kappa shape index (κ2) is 6.42. The minimum atomic E-state index is -0.627. The number of nitro benzene ring substituents is 1. The maximum Gasteiger partial charge on any atom is 0.289 e. The van der Waals surface area contributed by atoms with Crippen LogP contribution in [0.3, 0.4) is 0 Å². The highest BCUT2D eigenvalue weighted by atomic mass is 35.5. The van der Waals surface area contributed by atoms with Gasteiger partial charge in [0.15, 0.2) is 11.5 Å². The van der Waals surface area contributed by atoms with Crippen LogP contribution in [0.5, 0.6) is 0 Å². The van der Waals surface area contributed by atoms with Gasteiger partial charge in [-0.15, -0.1) is 10.2 Å². The first-order chi connectivity index (χ1) is 11.5. The number of halogens is 1. The highest BCUT2D eigenvalue weighted by Crippen LogP contribution is 2.27. The van der Waals surface area contributed by atoms with Gasteiger partial charge < -0.3 is 5.32 Å². The van der Waals surface area contributed by atoms with E-state index in [-0.39, 0.29) is 22.1 Å². The van der Waals surface area contributed by atoms with E-state index in [4.69, 9.17) is 11.6 Å². The van der Waals surface area contributed by atoms with Crippen molar-refractivity contribution >= 4 is 28.9 Å². The minimum Gasteiger partial charge on any atom is -0.320 e. The van der Waals surface area contributed by atoms with Gasteiger partial charge in [-0.05, 0) is 24.3 Å². The maximum atomic E-state index is 12.1. The number of hydrogen-bond donors (Lipinski definition) is 1. The fourth-order valence-electron chi connectivity index (χ4n) is 1.90. The van der Waals surface area contributed by atoms with Crippen LogP contribution >= 0.6 is 11.6 Å². The lowest BCUT2D eigenvalue weighted by Crippen LogP contribution is -2.15. The van der Waals surface area contributed by atoms with Crippen molar-refractivity contribution in [2.45, 2.75) is 0 Å². The van der Waals surface area contributed by atoms with Crippen molar-refractivity contribution < 1.29 is 9.72 Å². The quantitative estimate of drug-likeness (QED) is 0.574. The smallest absolute Gasteiger partial charge is 0.289 e. The molecule has 1 amide bonds. The number of carbonyl (C=O) groups is 1. The standard InChI is InChI=1S/C14H9ClN6O3/c15-10-2-1-9(7-12(10)21(23)24)17-14(22)11-3-4-13(19-18-11)20-6-5-16-8-20/h1-8H,(H,17,22). The van der Waals surface area contributed by atoms with E-state index in [1.165, 1.54) is 24.3 Å². The molecule has 24 heavy (non-hydrogen) atoms. The van der Waals surface area contributed by atoms with Gasteiger partial charge in [0.1, 0.15) is 11.3 Å². The number of hydrogen-bond acceptors (Lipinski definition) is 6. The molecule has 0 saturated heterocycles. The van der Waals surface area contributed by atoms with Crippen molar-refractivity contribution in [3.05, 3.63) is 69.9 Å². The van der Waals surface area contributed by atoms with E-state index < -0.39 is 10.8 Å². The molecule has 2 heterocycles. The van der Waals surface area contributed by atoms with Crippen LogP contribution in [0.25, 0.3) is 5.82 Å². The molecule has 10 heteroatoms. The van der Waals surface area contributed by atoms with E-state index in [1.54, 1.807) is 29.4 Å². The van der Waals surface area contributed by atoms with Crippen molar-refractivity contribution in [1.82, 2.24) is 19.7 Å². The van der Waals surface area contributed by atoms with E-state index in [2.05, 4.69) is 20.5 Å². The molecule has 1 aromatic carbocycles. The molecule has 0 unspecified atom stereocenters.